The Labute approximate surface area is 103 Å². The summed E-state index contributed by atoms with van der Waals surface area (Å²) in [6.07, 6.45) is 1.80. The molecule has 2 N–H and O–H groups in total. The fourth-order valence-corrected chi connectivity index (χ4v) is 1.69. The summed E-state index contributed by atoms with van der Waals surface area (Å²) in [5, 5.41) is 0.744. The van der Waals surface area contributed by atoms with Crippen LogP contribution < -0.4 is 10.5 Å². The summed E-state index contributed by atoms with van der Waals surface area (Å²) in [6, 6.07) is 5.73. The Morgan fingerprint density at radius 2 is 2.06 bits per heavy atom. The fourth-order valence-electron chi connectivity index (χ4n) is 1.50. The number of nitrogens with two attached hydrogens (primary N) is 1. The van der Waals surface area contributed by atoms with E-state index in [4.69, 9.17) is 22.1 Å². The molecule has 90 valence electrons. The third-order valence-electron chi connectivity index (χ3n) is 2.36. The van der Waals surface area contributed by atoms with E-state index in [0.717, 1.165) is 29.2 Å². The quantitative estimate of drug-likeness (QED) is 0.858. The lowest BCUT2D eigenvalue weighted by Crippen LogP contribution is -2.32. The summed E-state index contributed by atoms with van der Waals surface area (Å²) in [4.78, 5) is 0. The van der Waals surface area contributed by atoms with Crippen LogP contribution in [0.1, 0.15) is 32.8 Å². The summed E-state index contributed by atoms with van der Waals surface area (Å²) in [5.74, 6) is 0.913. The molecule has 0 amide bonds. The van der Waals surface area contributed by atoms with Gasteiger partial charge in [0, 0.05) is 10.6 Å². The van der Waals surface area contributed by atoms with Gasteiger partial charge in [-0.05, 0) is 57.4 Å². The first kappa shape index (κ1) is 13.3. The van der Waals surface area contributed by atoms with Gasteiger partial charge in [0.15, 0.2) is 0 Å². The van der Waals surface area contributed by atoms with Crippen molar-refractivity contribution in [1.29, 1.82) is 0 Å². The van der Waals surface area contributed by atoms with Gasteiger partial charge in [-0.3, -0.25) is 0 Å². The Morgan fingerprint density at radius 1 is 1.38 bits per heavy atom. The molecule has 2 nitrogen and oxygen atoms in total. The monoisotopic (exact) mass is 241 g/mol. The standard InChI is InChI=1S/C13H20ClNO/c1-4-16-12-6-5-11(14)9-10(12)7-8-13(2,3)15/h5-6,9H,4,7-8,15H2,1-3H3. The molecule has 1 aromatic carbocycles. The highest BCUT2D eigenvalue weighted by atomic mass is 35.5. The van der Waals surface area contributed by atoms with Gasteiger partial charge in [-0.1, -0.05) is 11.6 Å². The van der Waals surface area contributed by atoms with Gasteiger partial charge in [-0.25, -0.2) is 0 Å². The van der Waals surface area contributed by atoms with E-state index in [1.807, 2.05) is 39.0 Å². The van der Waals surface area contributed by atoms with Gasteiger partial charge in [-0.2, -0.15) is 0 Å². The molecule has 0 aliphatic heterocycles. The number of hydrogen-bond donors (Lipinski definition) is 1. The van der Waals surface area contributed by atoms with Crippen LogP contribution in [-0.2, 0) is 6.42 Å². The van der Waals surface area contributed by atoms with E-state index in [9.17, 15) is 0 Å². The maximum Gasteiger partial charge on any atom is 0.122 e. The van der Waals surface area contributed by atoms with E-state index in [-0.39, 0.29) is 5.54 Å². The molecule has 1 aromatic rings. The van der Waals surface area contributed by atoms with E-state index in [1.54, 1.807) is 0 Å². The third-order valence-corrected chi connectivity index (χ3v) is 2.60. The average molecular weight is 242 g/mol. The first-order valence-corrected chi connectivity index (χ1v) is 6.00. The maximum absolute atomic E-state index is 5.98. The molecule has 0 aromatic heterocycles. The van der Waals surface area contributed by atoms with Gasteiger partial charge < -0.3 is 10.5 Å². The van der Waals surface area contributed by atoms with Crippen LogP contribution in [0.5, 0.6) is 5.75 Å². The second-order valence-corrected chi connectivity index (χ2v) is 5.11. The molecule has 3 heteroatoms. The summed E-state index contributed by atoms with van der Waals surface area (Å²) < 4.78 is 5.56. The fraction of sp³-hybridized carbons (Fsp3) is 0.538. The van der Waals surface area contributed by atoms with Crippen molar-refractivity contribution >= 4 is 11.6 Å². The average Bonchev–Trinajstić information content (AvgIpc) is 2.17. The predicted molar refractivity (Wildman–Crippen MR) is 69.2 cm³/mol. The van der Waals surface area contributed by atoms with Crippen LogP contribution in [0.2, 0.25) is 5.02 Å². The second-order valence-electron chi connectivity index (χ2n) is 4.67. The molecule has 1 rings (SSSR count). The smallest absolute Gasteiger partial charge is 0.122 e. The summed E-state index contributed by atoms with van der Waals surface area (Å²) in [7, 11) is 0. The zero-order chi connectivity index (χ0) is 12.2. The number of halogens is 1. The highest BCUT2D eigenvalue weighted by Crippen LogP contribution is 2.25. The van der Waals surface area contributed by atoms with Crippen LogP contribution in [0.4, 0.5) is 0 Å². The van der Waals surface area contributed by atoms with E-state index in [1.165, 1.54) is 0 Å². The molecule has 0 unspecified atom stereocenters. The Kier molecular flexibility index (Phi) is 4.63. The molecular formula is C13H20ClNO. The second kappa shape index (κ2) is 5.55. The van der Waals surface area contributed by atoms with Crippen molar-refractivity contribution in [3.05, 3.63) is 28.8 Å². The molecule has 16 heavy (non-hydrogen) atoms. The lowest BCUT2D eigenvalue weighted by molar-refractivity contribution is 0.335. The van der Waals surface area contributed by atoms with Crippen LogP contribution in [-0.4, -0.2) is 12.1 Å². The minimum atomic E-state index is -0.161. The zero-order valence-corrected chi connectivity index (χ0v) is 11.0. The van der Waals surface area contributed by atoms with Crippen LogP contribution >= 0.6 is 11.6 Å². The van der Waals surface area contributed by atoms with Gasteiger partial charge in [0.05, 0.1) is 6.61 Å². The van der Waals surface area contributed by atoms with Crippen LogP contribution in [0.15, 0.2) is 18.2 Å². The molecule has 0 atom stereocenters. The Bertz CT molecular complexity index is 344. The Morgan fingerprint density at radius 3 is 2.62 bits per heavy atom. The van der Waals surface area contributed by atoms with Gasteiger partial charge in [0.25, 0.3) is 0 Å². The van der Waals surface area contributed by atoms with Crippen molar-refractivity contribution in [3.63, 3.8) is 0 Å². The molecule has 0 bridgehead atoms. The molecule has 0 heterocycles. The van der Waals surface area contributed by atoms with Crippen molar-refractivity contribution in [2.75, 3.05) is 6.61 Å². The lowest BCUT2D eigenvalue weighted by atomic mass is 9.96. The van der Waals surface area contributed by atoms with E-state index >= 15 is 0 Å². The van der Waals surface area contributed by atoms with Crippen molar-refractivity contribution in [2.45, 2.75) is 39.2 Å². The van der Waals surface area contributed by atoms with Crippen LogP contribution in [0, 0.1) is 0 Å². The molecule has 0 radical (unpaired) electrons. The number of rotatable bonds is 5. The largest absolute Gasteiger partial charge is 0.494 e. The normalized spacial score (nSPS) is 11.6. The number of ether oxygens (including phenoxy) is 1. The van der Waals surface area contributed by atoms with E-state index in [0.29, 0.717) is 6.61 Å². The maximum atomic E-state index is 5.98. The lowest BCUT2D eigenvalue weighted by Gasteiger charge is -2.19. The minimum Gasteiger partial charge on any atom is -0.494 e. The highest BCUT2D eigenvalue weighted by molar-refractivity contribution is 6.30. The van der Waals surface area contributed by atoms with Crippen molar-refractivity contribution < 1.29 is 4.74 Å². The molecule has 0 spiro atoms. The number of aryl methyl sites for hydroxylation is 1. The highest BCUT2D eigenvalue weighted by Gasteiger charge is 2.12. The van der Waals surface area contributed by atoms with Gasteiger partial charge in [-0.15, -0.1) is 0 Å². The molecule has 0 fully saturated rings. The molecule has 0 aliphatic rings. The van der Waals surface area contributed by atoms with Crippen molar-refractivity contribution in [3.8, 4) is 5.75 Å². The van der Waals surface area contributed by atoms with Gasteiger partial charge in [0.1, 0.15) is 5.75 Å². The Hall–Kier alpha value is -0.730. The Balaban J connectivity index is 2.79. The van der Waals surface area contributed by atoms with E-state index < -0.39 is 0 Å². The number of hydrogen-bond acceptors (Lipinski definition) is 2. The topological polar surface area (TPSA) is 35.2 Å². The van der Waals surface area contributed by atoms with Crippen LogP contribution in [0.25, 0.3) is 0 Å². The van der Waals surface area contributed by atoms with Crippen molar-refractivity contribution in [2.24, 2.45) is 5.73 Å². The van der Waals surface area contributed by atoms with E-state index in [2.05, 4.69) is 0 Å². The molecule has 0 saturated carbocycles. The predicted octanol–water partition coefficient (Wildman–Crippen LogP) is 3.41. The summed E-state index contributed by atoms with van der Waals surface area (Å²) >= 11 is 5.98. The molecule has 0 saturated heterocycles. The van der Waals surface area contributed by atoms with Gasteiger partial charge >= 0.3 is 0 Å². The van der Waals surface area contributed by atoms with Crippen molar-refractivity contribution in [1.82, 2.24) is 0 Å². The summed E-state index contributed by atoms with van der Waals surface area (Å²) in [6.45, 7) is 6.70. The van der Waals surface area contributed by atoms with Crippen LogP contribution in [0.3, 0.4) is 0 Å². The first-order chi connectivity index (χ1) is 7.42. The third kappa shape index (κ3) is 4.42. The number of benzene rings is 1. The first-order valence-electron chi connectivity index (χ1n) is 5.62. The molecule has 0 aliphatic carbocycles. The van der Waals surface area contributed by atoms with Gasteiger partial charge in [0.2, 0.25) is 0 Å². The zero-order valence-electron chi connectivity index (χ0n) is 10.2. The minimum absolute atomic E-state index is 0.161. The summed E-state index contributed by atoms with van der Waals surface area (Å²) in [5.41, 5.74) is 6.94. The molecular weight excluding hydrogens is 222 g/mol. The SMILES string of the molecule is CCOc1ccc(Cl)cc1CCC(C)(C)N.